The number of nitrogens with zero attached hydrogens (tertiary/aromatic N) is 2. The van der Waals surface area contributed by atoms with Gasteiger partial charge in [0.2, 0.25) is 5.91 Å². The van der Waals surface area contributed by atoms with Gasteiger partial charge in [0.1, 0.15) is 12.4 Å². The molecule has 2 aromatic rings. The summed E-state index contributed by atoms with van der Waals surface area (Å²) in [6.45, 7) is 0.749. The molecule has 154 valence electrons. The number of hydrogen-bond acceptors (Lipinski definition) is 2. The number of amides is 1. The summed E-state index contributed by atoms with van der Waals surface area (Å²) >= 11 is 0. The monoisotopic (exact) mass is 396 g/mol. The number of fused-ring (bicyclic) bond motifs is 1. The highest BCUT2D eigenvalue weighted by Crippen LogP contribution is 2.20. The van der Waals surface area contributed by atoms with Crippen molar-refractivity contribution in [2.45, 2.75) is 31.7 Å². The Balaban J connectivity index is 1.60. The highest BCUT2D eigenvalue weighted by molar-refractivity contribution is 5.85. The molecule has 0 fully saturated rings. The standard InChI is InChI=1S/C23H29FN4O/c1-28(2)22(29)16-26-23(25-14-13-17-7-10-20(24)11-8-17)27-21-12-9-18-5-3-4-6-19(18)15-21/h3-8,10-11,21H,9,12-16H2,1-2H3,(H2,25,26,27). The first-order valence-electron chi connectivity index (χ1n) is 10.1. The van der Waals surface area contributed by atoms with Gasteiger partial charge < -0.3 is 15.5 Å². The number of carbonyl (C=O) groups excluding carboxylic acids is 1. The van der Waals surface area contributed by atoms with Gasteiger partial charge in [-0.25, -0.2) is 9.38 Å². The Labute approximate surface area is 172 Å². The van der Waals surface area contributed by atoms with E-state index in [0.29, 0.717) is 12.5 Å². The first-order chi connectivity index (χ1) is 14.0. The first-order valence-corrected chi connectivity index (χ1v) is 10.1. The number of benzene rings is 2. The maximum Gasteiger partial charge on any atom is 0.243 e. The van der Waals surface area contributed by atoms with E-state index in [0.717, 1.165) is 31.2 Å². The number of nitrogens with one attached hydrogen (secondary N) is 2. The van der Waals surface area contributed by atoms with Gasteiger partial charge in [-0.05, 0) is 54.5 Å². The predicted octanol–water partition coefficient (Wildman–Crippen LogP) is 2.55. The summed E-state index contributed by atoms with van der Waals surface area (Å²) in [5.41, 5.74) is 3.83. The van der Waals surface area contributed by atoms with Crippen molar-refractivity contribution in [3.8, 4) is 0 Å². The fraction of sp³-hybridized carbons (Fsp3) is 0.391. The first kappa shape index (κ1) is 20.8. The van der Waals surface area contributed by atoms with Gasteiger partial charge in [0.25, 0.3) is 0 Å². The quantitative estimate of drug-likeness (QED) is 0.583. The van der Waals surface area contributed by atoms with Crippen LogP contribution in [0.2, 0.25) is 0 Å². The molecule has 1 aliphatic carbocycles. The minimum absolute atomic E-state index is 0.0429. The molecule has 3 rings (SSSR count). The van der Waals surface area contributed by atoms with Gasteiger partial charge in [0, 0.05) is 26.7 Å². The average molecular weight is 397 g/mol. The molecule has 1 atom stereocenters. The second-order valence-corrected chi connectivity index (χ2v) is 7.61. The van der Waals surface area contributed by atoms with Gasteiger partial charge in [-0.15, -0.1) is 0 Å². The van der Waals surface area contributed by atoms with Gasteiger partial charge >= 0.3 is 0 Å². The van der Waals surface area contributed by atoms with Crippen LogP contribution in [0.4, 0.5) is 4.39 Å². The van der Waals surface area contributed by atoms with E-state index in [1.807, 2.05) is 0 Å². The van der Waals surface area contributed by atoms with Gasteiger partial charge in [0.15, 0.2) is 5.96 Å². The van der Waals surface area contributed by atoms with Crippen LogP contribution >= 0.6 is 0 Å². The number of halogens is 1. The van der Waals surface area contributed by atoms with E-state index in [2.05, 4.69) is 39.9 Å². The zero-order chi connectivity index (χ0) is 20.6. The van der Waals surface area contributed by atoms with Crippen LogP contribution in [-0.4, -0.2) is 50.0 Å². The van der Waals surface area contributed by atoms with Crippen LogP contribution in [0.3, 0.4) is 0 Å². The van der Waals surface area contributed by atoms with Crippen molar-refractivity contribution < 1.29 is 9.18 Å². The summed E-state index contributed by atoms with van der Waals surface area (Å²) in [7, 11) is 3.45. The topological polar surface area (TPSA) is 56.7 Å². The van der Waals surface area contributed by atoms with Gasteiger partial charge in [-0.3, -0.25) is 4.79 Å². The van der Waals surface area contributed by atoms with Crippen molar-refractivity contribution in [3.63, 3.8) is 0 Å². The Bertz CT molecular complexity index is 848. The van der Waals surface area contributed by atoms with Crippen molar-refractivity contribution in [1.29, 1.82) is 0 Å². The Morgan fingerprint density at radius 2 is 1.86 bits per heavy atom. The van der Waals surface area contributed by atoms with Crippen molar-refractivity contribution in [2.75, 3.05) is 27.2 Å². The molecule has 0 spiro atoms. The summed E-state index contributed by atoms with van der Waals surface area (Å²) in [4.78, 5) is 18.0. The maximum atomic E-state index is 13.1. The zero-order valence-corrected chi connectivity index (χ0v) is 17.1. The van der Waals surface area contributed by atoms with Crippen molar-refractivity contribution >= 4 is 11.9 Å². The molecular weight excluding hydrogens is 367 g/mol. The molecule has 2 N–H and O–H groups in total. The van der Waals surface area contributed by atoms with Crippen molar-refractivity contribution in [2.24, 2.45) is 4.99 Å². The van der Waals surface area contributed by atoms with E-state index < -0.39 is 0 Å². The maximum absolute atomic E-state index is 13.1. The molecular formula is C23H29FN4O. The van der Waals surface area contributed by atoms with Crippen molar-refractivity contribution in [3.05, 3.63) is 71.0 Å². The zero-order valence-electron chi connectivity index (χ0n) is 17.1. The van der Waals surface area contributed by atoms with E-state index in [9.17, 15) is 9.18 Å². The minimum Gasteiger partial charge on any atom is -0.356 e. The summed E-state index contributed by atoms with van der Waals surface area (Å²) in [5, 5.41) is 6.82. The van der Waals surface area contributed by atoms with Gasteiger partial charge in [0.05, 0.1) is 0 Å². The lowest BCUT2D eigenvalue weighted by Crippen LogP contribution is -2.46. The normalized spacial score (nSPS) is 16.1. The van der Waals surface area contributed by atoms with Crippen LogP contribution in [0.25, 0.3) is 0 Å². The number of carbonyl (C=O) groups is 1. The molecule has 1 aliphatic rings. The predicted molar refractivity (Wildman–Crippen MR) is 114 cm³/mol. The third kappa shape index (κ3) is 6.31. The molecule has 0 aliphatic heterocycles. The average Bonchev–Trinajstić information content (AvgIpc) is 2.72. The molecule has 1 amide bonds. The molecule has 0 radical (unpaired) electrons. The van der Waals surface area contributed by atoms with Crippen LogP contribution in [0, 0.1) is 5.82 Å². The molecule has 6 heteroatoms. The molecule has 1 unspecified atom stereocenters. The third-order valence-electron chi connectivity index (χ3n) is 5.18. The fourth-order valence-corrected chi connectivity index (χ4v) is 3.43. The van der Waals surface area contributed by atoms with Crippen LogP contribution < -0.4 is 10.6 Å². The summed E-state index contributed by atoms with van der Waals surface area (Å²) in [5.74, 6) is 0.371. The van der Waals surface area contributed by atoms with E-state index >= 15 is 0 Å². The lowest BCUT2D eigenvalue weighted by atomic mass is 9.88. The molecule has 0 bridgehead atoms. The Morgan fingerprint density at radius 1 is 1.14 bits per heavy atom. The second kappa shape index (κ2) is 10.0. The third-order valence-corrected chi connectivity index (χ3v) is 5.18. The SMILES string of the molecule is CN(C)C(=O)CN=C(NCCc1ccc(F)cc1)NC1CCc2ccccc2C1. The minimum atomic E-state index is -0.231. The largest absolute Gasteiger partial charge is 0.356 e. The van der Waals surface area contributed by atoms with E-state index in [-0.39, 0.29) is 24.3 Å². The number of guanidine groups is 1. The molecule has 0 saturated heterocycles. The van der Waals surface area contributed by atoms with E-state index in [1.54, 1.807) is 26.2 Å². The van der Waals surface area contributed by atoms with E-state index in [4.69, 9.17) is 0 Å². The molecule has 5 nitrogen and oxygen atoms in total. The van der Waals surface area contributed by atoms with E-state index in [1.165, 1.54) is 28.2 Å². The second-order valence-electron chi connectivity index (χ2n) is 7.61. The smallest absolute Gasteiger partial charge is 0.243 e. The Hall–Kier alpha value is -2.89. The highest BCUT2D eigenvalue weighted by Gasteiger charge is 2.19. The molecule has 29 heavy (non-hydrogen) atoms. The molecule has 0 aromatic heterocycles. The van der Waals surface area contributed by atoms with Gasteiger partial charge in [-0.2, -0.15) is 0 Å². The number of rotatable bonds is 6. The van der Waals surface area contributed by atoms with Crippen LogP contribution in [0.5, 0.6) is 0 Å². The fourth-order valence-electron chi connectivity index (χ4n) is 3.43. The van der Waals surface area contributed by atoms with Crippen LogP contribution in [0.15, 0.2) is 53.5 Å². The Morgan fingerprint density at radius 3 is 2.59 bits per heavy atom. The summed E-state index contributed by atoms with van der Waals surface area (Å²) < 4.78 is 13.1. The lowest BCUT2D eigenvalue weighted by Gasteiger charge is -2.27. The summed E-state index contributed by atoms with van der Waals surface area (Å²) in [6, 6.07) is 15.3. The Kier molecular flexibility index (Phi) is 7.22. The molecule has 0 saturated carbocycles. The number of likely N-dealkylation sites (N-methyl/N-ethyl adjacent to an activating group) is 1. The van der Waals surface area contributed by atoms with Gasteiger partial charge in [-0.1, -0.05) is 36.4 Å². The van der Waals surface area contributed by atoms with Crippen LogP contribution in [-0.2, 0) is 24.1 Å². The van der Waals surface area contributed by atoms with Crippen LogP contribution in [0.1, 0.15) is 23.1 Å². The number of aryl methyl sites for hydroxylation is 1. The number of hydrogen-bond donors (Lipinski definition) is 2. The number of aliphatic imine (C=N–C) groups is 1. The molecule has 0 heterocycles. The molecule has 2 aromatic carbocycles. The summed E-state index contributed by atoms with van der Waals surface area (Å²) in [6.07, 6.45) is 3.75. The highest BCUT2D eigenvalue weighted by atomic mass is 19.1. The lowest BCUT2D eigenvalue weighted by molar-refractivity contribution is -0.127. The van der Waals surface area contributed by atoms with Crippen molar-refractivity contribution in [1.82, 2.24) is 15.5 Å².